The minimum atomic E-state index is -1.96. The number of nitrogens with zero attached hydrogens (tertiary/aromatic N) is 3. The largest absolute Gasteiger partial charge is 0.733 e. The van der Waals surface area contributed by atoms with E-state index in [1.807, 2.05) is 66.7 Å². The van der Waals surface area contributed by atoms with E-state index >= 15 is 0 Å². The first kappa shape index (κ1) is 35.0. The van der Waals surface area contributed by atoms with Gasteiger partial charge in [-0.2, -0.15) is 0 Å². The third-order valence-electron chi connectivity index (χ3n) is 8.44. The van der Waals surface area contributed by atoms with Crippen molar-refractivity contribution in [2.45, 2.75) is 16.3 Å². The number of amides is 1. The minimum Gasteiger partial charge on any atom is -0.733 e. The first-order valence-electron chi connectivity index (χ1n) is 16.2. The van der Waals surface area contributed by atoms with Crippen molar-refractivity contribution in [3.8, 4) is 16.9 Å². The fourth-order valence-corrected chi connectivity index (χ4v) is 7.45. The average molecular weight is 709 g/mol. The highest BCUT2D eigenvalue weighted by Crippen LogP contribution is 2.29. The maximum absolute atomic E-state index is 13.1. The first-order chi connectivity index (χ1) is 24.3. The van der Waals surface area contributed by atoms with Crippen LogP contribution in [0.25, 0.3) is 11.1 Å². The SMILES string of the molecule is O=C(NS(=O)c1ccc(NCCSc2ccccc2)c(N([O-])O)c1)c1ccc(N2CCN(Cc3ccccc3-c3cccc(O)c3)CC2)cc1. The van der Waals surface area contributed by atoms with Gasteiger partial charge < -0.3 is 25.8 Å². The number of hydrogen-bond donors (Lipinski definition) is 4. The second-order valence-electron chi connectivity index (χ2n) is 11.8. The van der Waals surface area contributed by atoms with Crippen LogP contribution in [-0.4, -0.2) is 63.8 Å². The van der Waals surface area contributed by atoms with Gasteiger partial charge in [-0.3, -0.25) is 19.6 Å². The zero-order valence-corrected chi connectivity index (χ0v) is 28.9. The van der Waals surface area contributed by atoms with Crippen LogP contribution in [0, 0.1) is 5.21 Å². The number of carbonyl (C=O) groups excluding carboxylic acids is 1. The number of aromatic hydroxyl groups is 1. The van der Waals surface area contributed by atoms with Crippen molar-refractivity contribution in [3.63, 3.8) is 0 Å². The molecular weight excluding hydrogens is 671 g/mol. The van der Waals surface area contributed by atoms with Crippen molar-refractivity contribution in [1.29, 1.82) is 0 Å². The van der Waals surface area contributed by atoms with E-state index in [-0.39, 0.29) is 21.6 Å². The van der Waals surface area contributed by atoms with Crippen molar-refractivity contribution in [2.75, 3.05) is 53.9 Å². The molecule has 0 bridgehead atoms. The second-order valence-corrected chi connectivity index (χ2v) is 14.1. The number of hydrogen-bond acceptors (Lipinski definition) is 10. The minimum absolute atomic E-state index is 0.0973. The molecule has 1 aliphatic rings. The zero-order valence-electron chi connectivity index (χ0n) is 27.3. The summed E-state index contributed by atoms with van der Waals surface area (Å²) in [6.07, 6.45) is 0. The number of phenols is 1. The van der Waals surface area contributed by atoms with Crippen LogP contribution < -0.4 is 20.2 Å². The van der Waals surface area contributed by atoms with Crippen LogP contribution in [-0.2, 0) is 17.5 Å². The molecule has 4 N–H and O–H groups in total. The zero-order chi connectivity index (χ0) is 34.9. The lowest BCUT2D eigenvalue weighted by Gasteiger charge is -2.36. The number of benzene rings is 5. The van der Waals surface area contributed by atoms with Crippen molar-refractivity contribution < 1.29 is 19.3 Å². The van der Waals surface area contributed by atoms with Crippen LogP contribution in [0.2, 0.25) is 0 Å². The van der Waals surface area contributed by atoms with E-state index in [1.165, 1.54) is 11.6 Å². The molecule has 0 aliphatic carbocycles. The van der Waals surface area contributed by atoms with Gasteiger partial charge in [-0.25, -0.2) is 4.21 Å². The summed E-state index contributed by atoms with van der Waals surface area (Å²) in [6.45, 7) is 4.71. The van der Waals surface area contributed by atoms with Crippen LogP contribution in [0.4, 0.5) is 17.1 Å². The third kappa shape index (κ3) is 9.03. The van der Waals surface area contributed by atoms with Crippen LogP contribution in [0.3, 0.4) is 0 Å². The van der Waals surface area contributed by atoms with E-state index in [9.17, 15) is 24.5 Å². The Morgan fingerprint density at radius 1 is 0.860 bits per heavy atom. The van der Waals surface area contributed by atoms with Gasteiger partial charge >= 0.3 is 0 Å². The first-order valence-corrected chi connectivity index (χ1v) is 18.4. The van der Waals surface area contributed by atoms with Crippen LogP contribution in [0.15, 0.2) is 131 Å². The molecule has 1 aliphatic heterocycles. The maximum Gasteiger partial charge on any atom is 0.263 e. The quantitative estimate of drug-likeness (QED) is 0.0593. The summed E-state index contributed by atoms with van der Waals surface area (Å²) in [4.78, 5) is 19.0. The van der Waals surface area contributed by atoms with Crippen molar-refractivity contribution in [1.82, 2.24) is 9.62 Å². The number of rotatable bonds is 13. The van der Waals surface area contributed by atoms with Gasteiger partial charge in [0.05, 0.1) is 16.3 Å². The van der Waals surface area contributed by atoms with E-state index < -0.39 is 16.9 Å². The molecule has 1 amide bonds. The average Bonchev–Trinajstić information content (AvgIpc) is 3.14. The Kier molecular flexibility index (Phi) is 11.7. The molecule has 1 saturated heterocycles. The molecule has 50 heavy (non-hydrogen) atoms. The van der Waals surface area contributed by atoms with E-state index in [0.29, 0.717) is 17.8 Å². The normalized spacial score (nSPS) is 13.8. The molecular formula is C38H38N5O5S2-. The summed E-state index contributed by atoms with van der Waals surface area (Å²) in [6, 6.07) is 37.1. The molecule has 6 rings (SSSR count). The van der Waals surface area contributed by atoms with E-state index in [1.54, 1.807) is 48.2 Å². The summed E-state index contributed by atoms with van der Waals surface area (Å²) in [5.74, 6) is 0.457. The summed E-state index contributed by atoms with van der Waals surface area (Å²) in [5.41, 5.74) is 4.95. The topological polar surface area (TPSA) is 131 Å². The Morgan fingerprint density at radius 2 is 1.60 bits per heavy atom. The highest BCUT2D eigenvalue weighted by molar-refractivity contribution is 7.99. The molecule has 1 atom stereocenters. The summed E-state index contributed by atoms with van der Waals surface area (Å²) < 4.78 is 15.5. The Labute approximate surface area is 298 Å². The predicted octanol–water partition coefficient (Wildman–Crippen LogP) is 6.73. The molecule has 0 saturated carbocycles. The van der Waals surface area contributed by atoms with Crippen molar-refractivity contribution in [3.05, 3.63) is 138 Å². The third-order valence-corrected chi connectivity index (χ3v) is 10.5. The van der Waals surface area contributed by atoms with Crippen molar-refractivity contribution in [2.24, 2.45) is 0 Å². The van der Waals surface area contributed by atoms with Crippen LogP contribution in [0.5, 0.6) is 5.75 Å². The lowest BCUT2D eigenvalue weighted by molar-refractivity contribution is 0.0983. The lowest BCUT2D eigenvalue weighted by atomic mass is 9.99. The maximum atomic E-state index is 13.1. The molecule has 0 aromatic heterocycles. The van der Waals surface area contributed by atoms with Gasteiger partial charge in [0.15, 0.2) is 11.0 Å². The number of anilines is 3. The molecule has 1 fully saturated rings. The van der Waals surface area contributed by atoms with E-state index in [2.05, 4.69) is 32.0 Å². The molecule has 1 heterocycles. The Bertz CT molecular complexity index is 1920. The summed E-state index contributed by atoms with van der Waals surface area (Å²) in [5, 5.41) is 34.4. The molecule has 1 unspecified atom stereocenters. The molecule has 10 nitrogen and oxygen atoms in total. The highest BCUT2D eigenvalue weighted by Gasteiger charge is 2.20. The van der Waals surface area contributed by atoms with Gasteiger partial charge in [-0.1, -0.05) is 54.6 Å². The molecule has 0 radical (unpaired) electrons. The van der Waals surface area contributed by atoms with Gasteiger partial charge in [0.2, 0.25) is 0 Å². The Morgan fingerprint density at radius 3 is 2.34 bits per heavy atom. The molecule has 5 aromatic carbocycles. The number of phenolic OH excluding ortho intramolecular Hbond substituents is 1. The highest BCUT2D eigenvalue weighted by atomic mass is 32.2. The molecule has 258 valence electrons. The van der Waals surface area contributed by atoms with Gasteiger partial charge in [0.25, 0.3) is 5.91 Å². The summed E-state index contributed by atoms with van der Waals surface area (Å²) >= 11 is 1.65. The number of carbonyl (C=O) groups is 1. The van der Waals surface area contributed by atoms with Gasteiger partial charge in [-0.15, -0.1) is 11.8 Å². The van der Waals surface area contributed by atoms with E-state index in [4.69, 9.17) is 0 Å². The fourth-order valence-electron chi connectivity index (χ4n) is 5.85. The van der Waals surface area contributed by atoms with Gasteiger partial charge in [0.1, 0.15) is 5.75 Å². The lowest BCUT2D eigenvalue weighted by Crippen LogP contribution is -2.46. The summed E-state index contributed by atoms with van der Waals surface area (Å²) in [7, 11) is -1.96. The van der Waals surface area contributed by atoms with Crippen LogP contribution >= 0.6 is 11.8 Å². The standard InChI is InChI=1S/C38H38N5O5S2/c44-32-9-6-8-29(25-32)35-12-5-4-7-30(35)27-41-20-22-42(23-21-41)31-15-13-28(14-16-31)38(45)40-50(48)34-17-18-36(37(26-34)43(46)47)39-19-24-49-33-10-2-1-3-11-33/h1-18,25-26,39,44,46H,19-24,27H2,(H,40,45)/q-1. The predicted molar refractivity (Wildman–Crippen MR) is 201 cm³/mol. The Balaban J connectivity index is 1.00. The van der Waals surface area contributed by atoms with Crippen molar-refractivity contribution >= 4 is 45.7 Å². The molecule has 0 spiro atoms. The van der Waals surface area contributed by atoms with Gasteiger partial charge in [0, 0.05) is 61.2 Å². The number of thioether (sulfide) groups is 1. The molecule has 12 heteroatoms. The monoisotopic (exact) mass is 708 g/mol. The number of nitrogens with one attached hydrogen (secondary N) is 2. The second kappa shape index (κ2) is 16.7. The van der Waals surface area contributed by atoms with E-state index in [0.717, 1.165) is 60.2 Å². The van der Waals surface area contributed by atoms with Crippen LogP contribution in [0.1, 0.15) is 15.9 Å². The number of piperazine rings is 1. The van der Waals surface area contributed by atoms with Gasteiger partial charge in [-0.05, 0) is 83.4 Å². The Hall–Kier alpha value is -4.85. The smallest absolute Gasteiger partial charge is 0.263 e. The fraction of sp³-hybridized carbons (Fsp3) is 0.184. The molecule has 5 aromatic rings.